The highest BCUT2D eigenvalue weighted by molar-refractivity contribution is 7.80. The van der Waals surface area contributed by atoms with Gasteiger partial charge in [-0.15, -0.1) is 0 Å². The molecule has 1 N–H and O–H groups in total. The first-order chi connectivity index (χ1) is 7.58. The van der Waals surface area contributed by atoms with Crippen LogP contribution in [0, 0.1) is 12.7 Å². The Morgan fingerprint density at radius 2 is 2.25 bits per heavy atom. The third-order valence-electron chi connectivity index (χ3n) is 2.88. The maximum absolute atomic E-state index is 12.9. The maximum Gasteiger partial charge on any atom is 0.159 e. The standard InChI is InChI=1S/C12H13FO2S/c1-8-6-10(13)3-5-12(8)9-2-4-11(7-9)16(14)15/h3,5-7,11H,2,4H2,1H3,(H,14,15). The number of allylic oxidation sites excluding steroid dienone is 1. The quantitative estimate of drug-likeness (QED) is 0.807. The molecule has 0 saturated carbocycles. The Morgan fingerprint density at radius 1 is 1.50 bits per heavy atom. The molecule has 0 heterocycles. The summed E-state index contributed by atoms with van der Waals surface area (Å²) in [7, 11) is 0. The zero-order valence-corrected chi connectivity index (χ0v) is 9.76. The Morgan fingerprint density at radius 3 is 2.81 bits per heavy atom. The van der Waals surface area contributed by atoms with Crippen molar-refractivity contribution >= 4 is 16.7 Å². The average Bonchev–Trinajstić information content (AvgIpc) is 2.66. The van der Waals surface area contributed by atoms with E-state index in [2.05, 4.69) is 0 Å². The molecule has 1 aliphatic carbocycles. The Balaban J connectivity index is 2.32. The molecule has 0 radical (unpaired) electrons. The molecular formula is C12H13FO2S. The lowest BCUT2D eigenvalue weighted by molar-refractivity contribution is 0.555. The molecule has 1 aliphatic rings. The van der Waals surface area contributed by atoms with Crippen molar-refractivity contribution in [2.24, 2.45) is 0 Å². The van der Waals surface area contributed by atoms with Crippen LogP contribution in [-0.4, -0.2) is 14.0 Å². The Bertz CT molecular complexity index is 468. The van der Waals surface area contributed by atoms with Gasteiger partial charge in [0, 0.05) is 0 Å². The smallest absolute Gasteiger partial charge is 0.159 e. The first kappa shape index (κ1) is 11.5. The summed E-state index contributed by atoms with van der Waals surface area (Å²) in [5.74, 6) is -0.248. The lowest BCUT2D eigenvalue weighted by Gasteiger charge is -2.06. The van der Waals surface area contributed by atoms with Gasteiger partial charge in [-0.25, -0.2) is 8.60 Å². The minimum atomic E-state index is -1.80. The van der Waals surface area contributed by atoms with E-state index in [-0.39, 0.29) is 11.1 Å². The van der Waals surface area contributed by atoms with Gasteiger partial charge >= 0.3 is 0 Å². The van der Waals surface area contributed by atoms with Crippen LogP contribution in [0.5, 0.6) is 0 Å². The number of benzene rings is 1. The van der Waals surface area contributed by atoms with Crippen LogP contribution < -0.4 is 0 Å². The van der Waals surface area contributed by atoms with Crippen LogP contribution in [0.4, 0.5) is 4.39 Å². The summed E-state index contributed by atoms with van der Waals surface area (Å²) in [6.45, 7) is 1.85. The van der Waals surface area contributed by atoms with Gasteiger partial charge in [0.15, 0.2) is 11.1 Å². The monoisotopic (exact) mass is 240 g/mol. The third kappa shape index (κ3) is 2.23. The van der Waals surface area contributed by atoms with Crippen molar-refractivity contribution in [3.8, 4) is 0 Å². The van der Waals surface area contributed by atoms with E-state index in [9.17, 15) is 8.60 Å². The van der Waals surface area contributed by atoms with Gasteiger partial charge < -0.3 is 4.55 Å². The van der Waals surface area contributed by atoms with Crippen molar-refractivity contribution < 1.29 is 13.2 Å². The van der Waals surface area contributed by atoms with Gasteiger partial charge in [-0.2, -0.15) is 0 Å². The third-order valence-corrected chi connectivity index (χ3v) is 3.77. The predicted molar refractivity (Wildman–Crippen MR) is 62.9 cm³/mol. The van der Waals surface area contributed by atoms with Crippen molar-refractivity contribution in [3.05, 3.63) is 41.2 Å². The zero-order valence-electron chi connectivity index (χ0n) is 8.94. The molecule has 0 spiro atoms. The molecule has 86 valence electrons. The van der Waals surface area contributed by atoms with E-state index in [0.717, 1.165) is 23.1 Å². The van der Waals surface area contributed by atoms with E-state index in [4.69, 9.17) is 4.55 Å². The normalized spacial score (nSPS) is 21.9. The minimum absolute atomic E-state index is 0.248. The first-order valence-corrected chi connectivity index (χ1v) is 6.32. The molecular weight excluding hydrogens is 227 g/mol. The van der Waals surface area contributed by atoms with Gasteiger partial charge in [-0.1, -0.05) is 12.1 Å². The average molecular weight is 240 g/mol. The maximum atomic E-state index is 12.9. The largest absolute Gasteiger partial charge is 0.306 e. The van der Waals surface area contributed by atoms with Crippen LogP contribution in [0.25, 0.3) is 5.57 Å². The molecule has 0 saturated heterocycles. The summed E-state index contributed by atoms with van der Waals surface area (Å²) in [6.07, 6.45) is 3.30. The minimum Gasteiger partial charge on any atom is -0.306 e. The van der Waals surface area contributed by atoms with Crippen LogP contribution in [0.3, 0.4) is 0 Å². The molecule has 0 aliphatic heterocycles. The van der Waals surface area contributed by atoms with E-state index in [1.807, 2.05) is 13.0 Å². The summed E-state index contributed by atoms with van der Waals surface area (Å²) in [5.41, 5.74) is 2.90. The van der Waals surface area contributed by atoms with Crippen molar-refractivity contribution in [2.45, 2.75) is 25.0 Å². The molecule has 0 fully saturated rings. The second-order valence-electron chi connectivity index (χ2n) is 4.00. The zero-order chi connectivity index (χ0) is 11.7. The summed E-state index contributed by atoms with van der Waals surface area (Å²) in [4.78, 5) is 0. The molecule has 0 aromatic heterocycles. The van der Waals surface area contributed by atoms with E-state index >= 15 is 0 Å². The van der Waals surface area contributed by atoms with Crippen LogP contribution in [0.15, 0.2) is 24.3 Å². The predicted octanol–water partition coefficient (Wildman–Crippen LogP) is 2.90. The summed E-state index contributed by atoms with van der Waals surface area (Å²) >= 11 is -1.80. The summed E-state index contributed by atoms with van der Waals surface area (Å²) in [5, 5.41) is -0.278. The molecule has 4 heteroatoms. The van der Waals surface area contributed by atoms with Gasteiger partial charge in [0.25, 0.3) is 0 Å². The van der Waals surface area contributed by atoms with Gasteiger partial charge in [-0.05, 0) is 48.6 Å². The van der Waals surface area contributed by atoms with Crippen LogP contribution in [0.1, 0.15) is 24.0 Å². The number of aryl methyl sites for hydroxylation is 1. The van der Waals surface area contributed by atoms with Crippen molar-refractivity contribution in [1.29, 1.82) is 0 Å². The fourth-order valence-corrected chi connectivity index (χ4v) is 2.66. The Hall–Kier alpha value is -1.00. The second-order valence-corrected chi connectivity index (χ2v) is 5.16. The first-order valence-electron chi connectivity index (χ1n) is 5.15. The number of hydrogen-bond acceptors (Lipinski definition) is 1. The molecule has 0 bridgehead atoms. The van der Waals surface area contributed by atoms with E-state index in [1.54, 1.807) is 6.07 Å². The fourth-order valence-electron chi connectivity index (χ4n) is 2.06. The van der Waals surface area contributed by atoms with Crippen molar-refractivity contribution in [3.63, 3.8) is 0 Å². The van der Waals surface area contributed by atoms with E-state index in [1.165, 1.54) is 12.1 Å². The lowest BCUT2D eigenvalue weighted by Crippen LogP contribution is -2.06. The van der Waals surface area contributed by atoms with Crippen LogP contribution in [0.2, 0.25) is 0 Å². The highest BCUT2D eigenvalue weighted by Crippen LogP contribution is 2.31. The molecule has 1 aromatic rings. The molecule has 0 amide bonds. The molecule has 2 unspecified atom stereocenters. The van der Waals surface area contributed by atoms with Gasteiger partial charge in [0.05, 0.1) is 5.25 Å². The molecule has 1 aromatic carbocycles. The Kier molecular flexibility index (Phi) is 3.21. The van der Waals surface area contributed by atoms with Gasteiger partial charge in [-0.3, -0.25) is 0 Å². The number of hydrogen-bond donors (Lipinski definition) is 1. The summed E-state index contributed by atoms with van der Waals surface area (Å²) < 4.78 is 32.9. The lowest BCUT2D eigenvalue weighted by atomic mass is 10.0. The van der Waals surface area contributed by atoms with Crippen molar-refractivity contribution in [2.75, 3.05) is 0 Å². The number of rotatable bonds is 2. The molecule has 16 heavy (non-hydrogen) atoms. The molecule has 2 atom stereocenters. The van der Waals surface area contributed by atoms with Crippen LogP contribution >= 0.6 is 0 Å². The van der Waals surface area contributed by atoms with E-state index in [0.29, 0.717) is 6.42 Å². The summed E-state index contributed by atoms with van der Waals surface area (Å²) in [6, 6.07) is 4.64. The second kappa shape index (κ2) is 4.47. The molecule has 2 nitrogen and oxygen atoms in total. The highest BCUT2D eigenvalue weighted by atomic mass is 32.2. The molecule has 2 rings (SSSR count). The van der Waals surface area contributed by atoms with Gasteiger partial charge in [0.2, 0.25) is 0 Å². The Labute approximate surface area is 96.5 Å². The van der Waals surface area contributed by atoms with Crippen LogP contribution in [-0.2, 0) is 11.1 Å². The van der Waals surface area contributed by atoms with Gasteiger partial charge in [0.1, 0.15) is 5.82 Å². The topological polar surface area (TPSA) is 37.3 Å². The highest BCUT2D eigenvalue weighted by Gasteiger charge is 2.21. The SMILES string of the molecule is Cc1cc(F)ccc1C1=CC(S(=O)O)CC1. The fraction of sp³-hybridized carbons (Fsp3) is 0.333. The van der Waals surface area contributed by atoms with E-state index < -0.39 is 11.1 Å². The number of halogens is 1. The van der Waals surface area contributed by atoms with Crippen molar-refractivity contribution in [1.82, 2.24) is 0 Å².